The lowest BCUT2D eigenvalue weighted by atomic mass is 9.82. The Kier molecular flexibility index (Phi) is 6.55. The predicted octanol–water partition coefficient (Wildman–Crippen LogP) is 4.54. The third-order valence-corrected chi connectivity index (χ3v) is 5.38. The van der Waals surface area contributed by atoms with Crippen molar-refractivity contribution in [3.63, 3.8) is 0 Å². The molecule has 0 aliphatic heterocycles. The van der Waals surface area contributed by atoms with Gasteiger partial charge in [0.15, 0.2) is 0 Å². The fourth-order valence-corrected chi connectivity index (χ4v) is 3.41. The molecule has 0 fully saturated rings. The summed E-state index contributed by atoms with van der Waals surface area (Å²) in [5, 5.41) is 13.3. The van der Waals surface area contributed by atoms with Crippen LogP contribution in [0.4, 0.5) is 5.69 Å². The van der Waals surface area contributed by atoms with E-state index in [2.05, 4.69) is 11.9 Å². The zero-order valence-corrected chi connectivity index (χ0v) is 17.9. The van der Waals surface area contributed by atoms with E-state index in [1.165, 1.54) is 24.3 Å². The van der Waals surface area contributed by atoms with Crippen LogP contribution in [0.5, 0.6) is 5.75 Å². The van der Waals surface area contributed by atoms with Gasteiger partial charge in [-0.25, -0.2) is 0 Å². The number of allylic oxidation sites excluding steroid dienone is 1. The summed E-state index contributed by atoms with van der Waals surface area (Å²) in [5.74, 6) is -0.0102. The Balaban J connectivity index is 2.13. The summed E-state index contributed by atoms with van der Waals surface area (Å²) < 4.78 is 31.1. The van der Waals surface area contributed by atoms with Crippen molar-refractivity contribution in [3.8, 4) is 5.75 Å². The molecule has 0 atom stereocenters. The fraction of sp³-hybridized carbons (Fsp3) is 0.318. The molecule has 156 valence electrons. The van der Waals surface area contributed by atoms with Crippen LogP contribution in [0.1, 0.15) is 50.8 Å². The first-order valence-corrected chi connectivity index (χ1v) is 10.6. The average molecular weight is 418 g/mol. The SMILES string of the molecule is C=C(C)c1cc(CCC(=O)Nc2ccc(S(=O)(=O)O)cc2)cc(C(C)(C)C)c1O. The highest BCUT2D eigenvalue weighted by molar-refractivity contribution is 7.85. The predicted molar refractivity (Wildman–Crippen MR) is 115 cm³/mol. The number of rotatable bonds is 6. The van der Waals surface area contributed by atoms with Crippen LogP contribution in [0.15, 0.2) is 47.9 Å². The molecule has 0 saturated heterocycles. The number of hydrogen-bond donors (Lipinski definition) is 3. The van der Waals surface area contributed by atoms with Gasteiger partial charge in [0.25, 0.3) is 10.1 Å². The smallest absolute Gasteiger partial charge is 0.294 e. The molecule has 0 bridgehead atoms. The van der Waals surface area contributed by atoms with E-state index in [-0.39, 0.29) is 28.4 Å². The standard InChI is InChI=1S/C22H27NO5S/c1-14(2)18-12-15(13-19(21(18)25)22(3,4)5)6-11-20(24)23-16-7-9-17(10-8-16)29(26,27)28/h7-10,12-13,25H,1,6,11H2,2-5H3,(H,23,24)(H,26,27,28). The molecule has 1 amide bonds. The second-order valence-corrected chi connectivity index (χ2v) is 9.54. The van der Waals surface area contributed by atoms with E-state index in [9.17, 15) is 18.3 Å². The summed E-state index contributed by atoms with van der Waals surface area (Å²) in [6.07, 6.45) is 0.683. The van der Waals surface area contributed by atoms with E-state index in [0.717, 1.165) is 16.7 Å². The van der Waals surface area contributed by atoms with Crippen molar-refractivity contribution in [1.82, 2.24) is 0 Å². The van der Waals surface area contributed by atoms with Gasteiger partial charge >= 0.3 is 0 Å². The summed E-state index contributed by atoms with van der Waals surface area (Å²) >= 11 is 0. The minimum absolute atomic E-state index is 0.212. The number of carbonyl (C=O) groups excluding carboxylic acids is 1. The van der Waals surface area contributed by atoms with Crippen LogP contribution in [-0.4, -0.2) is 24.0 Å². The van der Waals surface area contributed by atoms with Gasteiger partial charge in [-0.15, -0.1) is 0 Å². The normalized spacial score (nSPS) is 11.9. The number of benzene rings is 2. The lowest BCUT2D eigenvalue weighted by molar-refractivity contribution is -0.116. The topological polar surface area (TPSA) is 104 Å². The number of aromatic hydroxyl groups is 1. The number of aryl methyl sites for hydroxylation is 1. The highest BCUT2D eigenvalue weighted by Crippen LogP contribution is 2.37. The van der Waals surface area contributed by atoms with E-state index in [1.54, 1.807) is 0 Å². The number of phenols is 1. The molecular formula is C22H27NO5S. The Morgan fingerprint density at radius 2 is 1.72 bits per heavy atom. The second kappa shape index (κ2) is 8.39. The van der Waals surface area contributed by atoms with Crippen molar-refractivity contribution in [2.75, 3.05) is 5.32 Å². The Morgan fingerprint density at radius 3 is 2.21 bits per heavy atom. The molecule has 0 aromatic heterocycles. The molecule has 0 aliphatic rings. The van der Waals surface area contributed by atoms with Crippen LogP contribution >= 0.6 is 0 Å². The zero-order chi connectivity index (χ0) is 22.0. The molecule has 2 aromatic rings. The van der Waals surface area contributed by atoms with Crippen molar-refractivity contribution < 1.29 is 22.9 Å². The molecule has 2 rings (SSSR count). The molecule has 2 aromatic carbocycles. The molecule has 7 heteroatoms. The van der Waals surface area contributed by atoms with Gasteiger partial charge in [-0.2, -0.15) is 8.42 Å². The van der Waals surface area contributed by atoms with Crippen molar-refractivity contribution in [3.05, 3.63) is 59.7 Å². The maximum Gasteiger partial charge on any atom is 0.294 e. The number of phenolic OH excluding ortho intramolecular Hbond substituents is 1. The Bertz CT molecular complexity index is 1030. The van der Waals surface area contributed by atoms with Gasteiger partial charge in [0.2, 0.25) is 5.91 Å². The summed E-state index contributed by atoms with van der Waals surface area (Å²) in [4.78, 5) is 12.1. The van der Waals surface area contributed by atoms with Crippen LogP contribution in [0.3, 0.4) is 0 Å². The molecule has 0 radical (unpaired) electrons. The van der Waals surface area contributed by atoms with Crippen LogP contribution in [0.2, 0.25) is 0 Å². The Morgan fingerprint density at radius 1 is 1.14 bits per heavy atom. The van der Waals surface area contributed by atoms with Crippen molar-refractivity contribution in [1.29, 1.82) is 0 Å². The molecular weight excluding hydrogens is 390 g/mol. The van der Waals surface area contributed by atoms with Crippen molar-refractivity contribution in [2.45, 2.75) is 50.8 Å². The quantitative estimate of drug-likeness (QED) is 0.599. The van der Waals surface area contributed by atoms with Crippen LogP contribution in [0, 0.1) is 0 Å². The average Bonchev–Trinajstić information content (AvgIpc) is 2.59. The summed E-state index contributed by atoms with van der Waals surface area (Å²) in [7, 11) is -4.27. The second-order valence-electron chi connectivity index (χ2n) is 8.12. The number of amides is 1. The minimum Gasteiger partial charge on any atom is -0.507 e. The van der Waals surface area contributed by atoms with E-state index in [4.69, 9.17) is 4.55 Å². The van der Waals surface area contributed by atoms with Gasteiger partial charge in [-0.1, -0.05) is 33.4 Å². The third kappa shape index (κ3) is 5.92. The molecule has 0 unspecified atom stereocenters. The number of hydrogen-bond acceptors (Lipinski definition) is 4. The highest BCUT2D eigenvalue weighted by atomic mass is 32.2. The molecule has 0 heterocycles. The minimum atomic E-state index is -4.27. The lowest BCUT2D eigenvalue weighted by Gasteiger charge is -2.23. The maximum atomic E-state index is 12.3. The zero-order valence-electron chi connectivity index (χ0n) is 17.1. The molecule has 0 spiro atoms. The van der Waals surface area contributed by atoms with Gasteiger partial charge in [-0.05, 0) is 60.2 Å². The number of anilines is 1. The summed E-state index contributed by atoms with van der Waals surface area (Å²) in [6, 6.07) is 9.03. The first-order chi connectivity index (χ1) is 13.3. The van der Waals surface area contributed by atoms with Crippen LogP contribution < -0.4 is 5.32 Å². The van der Waals surface area contributed by atoms with E-state index in [0.29, 0.717) is 17.7 Å². The monoisotopic (exact) mass is 417 g/mol. The largest absolute Gasteiger partial charge is 0.507 e. The third-order valence-electron chi connectivity index (χ3n) is 4.51. The summed E-state index contributed by atoms with van der Waals surface area (Å²) in [6.45, 7) is 11.8. The van der Waals surface area contributed by atoms with Gasteiger partial charge in [0, 0.05) is 23.2 Å². The first-order valence-electron chi connectivity index (χ1n) is 9.18. The van der Waals surface area contributed by atoms with Gasteiger partial charge < -0.3 is 10.4 Å². The van der Waals surface area contributed by atoms with Crippen LogP contribution in [-0.2, 0) is 26.7 Å². The van der Waals surface area contributed by atoms with E-state index < -0.39 is 10.1 Å². The lowest BCUT2D eigenvalue weighted by Crippen LogP contribution is -2.14. The molecule has 29 heavy (non-hydrogen) atoms. The van der Waals surface area contributed by atoms with Gasteiger partial charge in [-0.3, -0.25) is 9.35 Å². The highest BCUT2D eigenvalue weighted by Gasteiger charge is 2.21. The molecule has 3 N–H and O–H groups in total. The fourth-order valence-electron chi connectivity index (χ4n) is 2.93. The molecule has 0 saturated carbocycles. The Hall–Kier alpha value is -2.64. The van der Waals surface area contributed by atoms with Crippen molar-refractivity contribution >= 4 is 27.3 Å². The number of nitrogens with one attached hydrogen (secondary N) is 1. The van der Waals surface area contributed by atoms with Gasteiger partial charge in [0.05, 0.1) is 4.90 Å². The van der Waals surface area contributed by atoms with E-state index >= 15 is 0 Å². The first kappa shape index (κ1) is 22.6. The molecule has 0 aliphatic carbocycles. The van der Waals surface area contributed by atoms with E-state index in [1.807, 2.05) is 39.8 Å². The van der Waals surface area contributed by atoms with Crippen LogP contribution in [0.25, 0.3) is 5.57 Å². The van der Waals surface area contributed by atoms with Gasteiger partial charge in [0.1, 0.15) is 5.75 Å². The van der Waals surface area contributed by atoms with Crippen molar-refractivity contribution in [2.24, 2.45) is 0 Å². The summed E-state index contributed by atoms with van der Waals surface area (Å²) in [5.41, 5.74) is 3.32. The maximum absolute atomic E-state index is 12.3. The molecule has 6 nitrogen and oxygen atoms in total. The number of carbonyl (C=O) groups is 1. The Labute approximate surface area is 172 Å².